The molecule has 1 heterocycles. The van der Waals surface area contributed by atoms with Crippen molar-refractivity contribution in [3.8, 4) is 17.2 Å². The lowest BCUT2D eigenvalue weighted by atomic mass is 10.1. The molecule has 1 amide bonds. The van der Waals surface area contributed by atoms with Crippen molar-refractivity contribution < 1.29 is 27.4 Å². The normalized spacial score (nSPS) is 14.8. The molecule has 0 unspecified atom stereocenters. The van der Waals surface area contributed by atoms with Crippen LogP contribution in [0.25, 0.3) is 6.08 Å². The van der Waals surface area contributed by atoms with E-state index >= 15 is 0 Å². The fourth-order valence-electron chi connectivity index (χ4n) is 3.69. The molecule has 9 heteroatoms. The Bertz CT molecular complexity index is 1080. The number of hydrogen-bond donors (Lipinski definition) is 1. The summed E-state index contributed by atoms with van der Waals surface area (Å²) in [6, 6.07) is 10.2. The van der Waals surface area contributed by atoms with E-state index in [2.05, 4.69) is 5.32 Å². The van der Waals surface area contributed by atoms with Crippen LogP contribution < -0.4 is 19.5 Å². The average Bonchev–Trinajstić information content (AvgIpc) is 2.86. The fourth-order valence-corrected chi connectivity index (χ4v) is 5.28. The fraction of sp³-hybridized carbons (Fsp3) is 0.375. The molecule has 0 saturated carbocycles. The standard InChI is InChI=1S/C24H30N2O6S/c1-30-21-15-18(16-22(31-2)24(21)32-3)10-11-23(27)25-17-19-8-7-9-20(14-19)33(28,29)26-12-5-4-6-13-26/h7-11,14-16H,4-6,12-13,17H2,1-3H3,(H,25,27)/b11-10+. The Morgan fingerprint density at radius 2 is 1.67 bits per heavy atom. The molecule has 0 bridgehead atoms. The number of amides is 1. The summed E-state index contributed by atoms with van der Waals surface area (Å²) in [4.78, 5) is 12.6. The number of nitrogens with zero attached hydrogens (tertiary/aromatic N) is 1. The molecule has 0 atom stereocenters. The van der Waals surface area contributed by atoms with Gasteiger partial charge in [0.25, 0.3) is 0 Å². The number of rotatable bonds is 9. The lowest BCUT2D eigenvalue weighted by molar-refractivity contribution is -0.116. The van der Waals surface area contributed by atoms with Gasteiger partial charge in [0.05, 0.1) is 26.2 Å². The second kappa shape index (κ2) is 11.2. The first-order chi connectivity index (χ1) is 15.9. The highest BCUT2D eigenvalue weighted by atomic mass is 32.2. The minimum atomic E-state index is -3.52. The Kier molecular flexibility index (Phi) is 8.35. The summed E-state index contributed by atoms with van der Waals surface area (Å²) in [7, 11) is 1.06. The van der Waals surface area contributed by atoms with Crippen molar-refractivity contribution >= 4 is 22.0 Å². The van der Waals surface area contributed by atoms with E-state index in [0.29, 0.717) is 41.5 Å². The molecule has 1 fully saturated rings. The summed E-state index contributed by atoms with van der Waals surface area (Å²) in [5, 5.41) is 2.79. The molecular weight excluding hydrogens is 444 g/mol. The highest BCUT2D eigenvalue weighted by Gasteiger charge is 2.25. The van der Waals surface area contributed by atoms with E-state index in [1.807, 2.05) is 0 Å². The van der Waals surface area contributed by atoms with Gasteiger partial charge in [-0.2, -0.15) is 4.31 Å². The number of methoxy groups -OCH3 is 3. The molecule has 0 aliphatic carbocycles. The molecular formula is C24H30N2O6S. The van der Waals surface area contributed by atoms with Gasteiger partial charge in [-0.1, -0.05) is 18.6 Å². The van der Waals surface area contributed by atoms with Crippen LogP contribution in [0, 0.1) is 0 Å². The predicted molar refractivity (Wildman–Crippen MR) is 126 cm³/mol. The Labute approximate surface area is 195 Å². The number of carbonyl (C=O) groups is 1. The van der Waals surface area contributed by atoms with Crippen molar-refractivity contribution in [3.63, 3.8) is 0 Å². The van der Waals surface area contributed by atoms with Crippen molar-refractivity contribution in [2.45, 2.75) is 30.7 Å². The molecule has 178 valence electrons. The Hall–Kier alpha value is -3.04. The van der Waals surface area contributed by atoms with Crippen LogP contribution in [0.3, 0.4) is 0 Å². The molecule has 3 rings (SSSR count). The van der Waals surface area contributed by atoms with E-state index in [1.165, 1.54) is 31.7 Å². The highest BCUT2D eigenvalue weighted by Crippen LogP contribution is 2.38. The number of nitrogens with one attached hydrogen (secondary N) is 1. The first-order valence-corrected chi connectivity index (χ1v) is 12.2. The minimum absolute atomic E-state index is 0.210. The second-order valence-electron chi connectivity index (χ2n) is 7.62. The molecule has 2 aromatic rings. The molecule has 1 aliphatic rings. The summed E-state index contributed by atoms with van der Waals surface area (Å²) < 4.78 is 43.2. The molecule has 2 aromatic carbocycles. The van der Waals surface area contributed by atoms with Crippen LogP contribution in [0.2, 0.25) is 0 Å². The van der Waals surface area contributed by atoms with Crippen LogP contribution in [0.15, 0.2) is 47.4 Å². The van der Waals surface area contributed by atoms with Crippen LogP contribution in [0.1, 0.15) is 30.4 Å². The number of hydrogen-bond acceptors (Lipinski definition) is 6. The van der Waals surface area contributed by atoms with Gasteiger partial charge in [-0.25, -0.2) is 8.42 Å². The molecule has 0 radical (unpaired) electrons. The van der Waals surface area contributed by atoms with Crippen LogP contribution in [-0.2, 0) is 21.4 Å². The SMILES string of the molecule is COc1cc(/C=C/C(=O)NCc2cccc(S(=O)(=O)N3CCCCC3)c2)cc(OC)c1OC. The summed E-state index contributed by atoms with van der Waals surface area (Å²) in [5.41, 5.74) is 1.41. The van der Waals surface area contributed by atoms with Crippen LogP contribution in [-0.4, -0.2) is 53.0 Å². The molecule has 8 nitrogen and oxygen atoms in total. The lowest BCUT2D eigenvalue weighted by Gasteiger charge is -2.26. The van der Waals surface area contributed by atoms with Crippen LogP contribution >= 0.6 is 0 Å². The number of ether oxygens (including phenoxy) is 3. The summed E-state index contributed by atoms with van der Waals surface area (Å²) in [6.07, 6.45) is 5.86. The third-order valence-electron chi connectivity index (χ3n) is 5.43. The minimum Gasteiger partial charge on any atom is -0.493 e. The van der Waals surface area contributed by atoms with Crippen LogP contribution in [0.4, 0.5) is 0 Å². The molecule has 1 aliphatic heterocycles. The topological polar surface area (TPSA) is 94.2 Å². The van der Waals surface area contributed by atoms with E-state index in [1.54, 1.807) is 42.5 Å². The van der Waals surface area contributed by atoms with Gasteiger partial charge in [0.15, 0.2) is 11.5 Å². The summed E-state index contributed by atoms with van der Waals surface area (Å²) in [6.45, 7) is 1.31. The van der Waals surface area contributed by atoms with Crippen LogP contribution in [0.5, 0.6) is 17.2 Å². The van der Waals surface area contributed by atoms with Gasteiger partial charge in [0.2, 0.25) is 21.7 Å². The molecule has 1 saturated heterocycles. The van der Waals surface area contributed by atoms with E-state index in [0.717, 1.165) is 19.3 Å². The zero-order valence-corrected chi connectivity index (χ0v) is 20.0. The van der Waals surface area contributed by atoms with Crippen molar-refractivity contribution in [1.82, 2.24) is 9.62 Å². The highest BCUT2D eigenvalue weighted by molar-refractivity contribution is 7.89. The maximum Gasteiger partial charge on any atom is 0.244 e. The Balaban J connectivity index is 1.66. The van der Waals surface area contributed by atoms with E-state index < -0.39 is 10.0 Å². The second-order valence-corrected chi connectivity index (χ2v) is 9.56. The number of carbonyl (C=O) groups excluding carboxylic acids is 1. The average molecular weight is 475 g/mol. The predicted octanol–water partition coefficient (Wildman–Crippen LogP) is 3.22. The first-order valence-electron chi connectivity index (χ1n) is 10.7. The molecule has 0 spiro atoms. The van der Waals surface area contributed by atoms with Gasteiger partial charge < -0.3 is 19.5 Å². The lowest BCUT2D eigenvalue weighted by Crippen LogP contribution is -2.35. The van der Waals surface area contributed by atoms with Crippen molar-refractivity contribution in [1.29, 1.82) is 0 Å². The molecule has 0 aromatic heterocycles. The van der Waals surface area contributed by atoms with Gasteiger partial charge in [-0.05, 0) is 54.3 Å². The third kappa shape index (κ3) is 6.06. The van der Waals surface area contributed by atoms with Gasteiger partial charge in [-0.3, -0.25) is 4.79 Å². The number of benzene rings is 2. The zero-order valence-electron chi connectivity index (χ0n) is 19.2. The quantitative estimate of drug-likeness (QED) is 0.561. The van der Waals surface area contributed by atoms with E-state index in [4.69, 9.17) is 14.2 Å². The Morgan fingerprint density at radius 3 is 2.27 bits per heavy atom. The van der Waals surface area contributed by atoms with Crippen molar-refractivity contribution in [3.05, 3.63) is 53.6 Å². The number of piperidine rings is 1. The first kappa shape index (κ1) is 24.6. The summed E-state index contributed by atoms with van der Waals surface area (Å²) in [5.74, 6) is 1.14. The largest absolute Gasteiger partial charge is 0.493 e. The molecule has 1 N–H and O–H groups in total. The van der Waals surface area contributed by atoms with Gasteiger partial charge in [0, 0.05) is 25.7 Å². The third-order valence-corrected chi connectivity index (χ3v) is 7.33. The van der Waals surface area contributed by atoms with Gasteiger partial charge >= 0.3 is 0 Å². The van der Waals surface area contributed by atoms with Gasteiger partial charge in [0.1, 0.15) is 0 Å². The van der Waals surface area contributed by atoms with Crippen molar-refractivity contribution in [2.75, 3.05) is 34.4 Å². The van der Waals surface area contributed by atoms with E-state index in [9.17, 15) is 13.2 Å². The van der Waals surface area contributed by atoms with Gasteiger partial charge in [-0.15, -0.1) is 0 Å². The maximum atomic E-state index is 12.9. The molecule has 33 heavy (non-hydrogen) atoms. The number of sulfonamides is 1. The maximum absolute atomic E-state index is 12.9. The summed E-state index contributed by atoms with van der Waals surface area (Å²) >= 11 is 0. The smallest absolute Gasteiger partial charge is 0.244 e. The van der Waals surface area contributed by atoms with E-state index in [-0.39, 0.29) is 17.3 Å². The van der Waals surface area contributed by atoms with Crippen molar-refractivity contribution in [2.24, 2.45) is 0 Å². The zero-order chi connectivity index (χ0) is 23.8. The Morgan fingerprint density at radius 1 is 1.00 bits per heavy atom. The monoisotopic (exact) mass is 474 g/mol.